The molecule has 0 bridgehead atoms. The number of nitrogens with zero attached hydrogens (tertiary/aromatic N) is 2. The van der Waals surface area contributed by atoms with E-state index in [1.54, 1.807) is 16.8 Å². The Morgan fingerprint density at radius 3 is 2.62 bits per heavy atom. The van der Waals surface area contributed by atoms with Crippen LogP contribution >= 0.6 is 0 Å². The van der Waals surface area contributed by atoms with Crippen molar-refractivity contribution in [2.24, 2.45) is 11.7 Å². The van der Waals surface area contributed by atoms with E-state index in [1.807, 2.05) is 13.8 Å². The van der Waals surface area contributed by atoms with Gasteiger partial charge in [0.15, 0.2) is 0 Å². The lowest BCUT2D eigenvalue weighted by Gasteiger charge is -2.16. The van der Waals surface area contributed by atoms with Gasteiger partial charge < -0.3 is 11.1 Å². The zero-order valence-electron chi connectivity index (χ0n) is 14.1. The largest absolute Gasteiger partial charge is 0.352 e. The third-order valence-corrected chi connectivity index (χ3v) is 4.64. The van der Waals surface area contributed by atoms with Gasteiger partial charge in [-0.05, 0) is 56.9 Å². The number of rotatable bonds is 6. The number of halogens is 1. The van der Waals surface area contributed by atoms with Gasteiger partial charge in [0, 0.05) is 23.8 Å². The van der Waals surface area contributed by atoms with Gasteiger partial charge in [0.2, 0.25) is 5.91 Å². The van der Waals surface area contributed by atoms with Crippen LogP contribution in [0.4, 0.5) is 4.39 Å². The SMILES string of the molecule is Cc1nn(-c2ccc(F)cc2)c(C)c1CC(=O)NC(CN)C1CC1. The highest BCUT2D eigenvalue weighted by Gasteiger charge is 2.31. The predicted octanol–water partition coefficient (Wildman–Crippen LogP) is 2.02. The molecule has 1 atom stereocenters. The van der Waals surface area contributed by atoms with Crippen LogP contribution in [0.1, 0.15) is 29.8 Å². The molecule has 5 nitrogen and oxygen atoms in total. The van der Waals surface area contributed by atoms with Gasteiger partial charge in [-0.15, -0.1) is 0 Å². The first kappa shape index (κ1) is 16.6. The van der Waals surface area contributed by atoms with E-state index >= 15 is 0 Å². The lowest BCUT2D eigenvalue weighted by Crippen LogP contribution is -2.42. The summed E-state index contributed by atoms with van der Waals surface area (Å²) in [6.07, 6.45) is 2.56. The Morgan fingerprint density at radius 1 is 1.38 bits per heavy atom. The summed E-state index contributed by atoms with van der Waals surface area (Å²) < 4.78 is 14.8. The van der Waals surface area contributed by atoms with Gasteiger partial charge in [0.25, 0.3) is 0 Å². The molecule has 3 N–H and O–H groups in total. The third-order valence-electron chi connectivity index (χ3n) is 4.64. The fraction of sp³-hybridized carbons (Fsp3) is 0.444. The molecule has 1 aromatic carbocycles. The maximum absolute atomic E-state index is 13.1. The second-order valence-electron chi connectivity index (χ2n) is 6.46. The van der Waals surface area contributed by atoms with E-state index in [9.17, 15) is 9.18 Å². The summed E-state index contributed by atoms with van der Waals surface area (Å²) in [4.78, 5) is 12.4. The molecular formula is C18H23FN4O. The smallest absolute Gasteiger partial charge is 0.224 e. The Balaban J connectivity index is 1.76. The molecule has 0 aliphatic heterocycles. The molecule has 1 amide bonds. The van der Waals surface area contributed by atoms with Crippen molar-refractivity contribution in [1.82, 2.24) is 15.1 Å². The first-order chi connectivity index (χ1) is 11.5. The zero-order chi connectivity index (χ0) is 17.3. The summed E-state index contributed by atoms with van der Waals surface area (Å²) in [6.45, 7) is 4.29. The maximum Gasteiger partial charge on any atom is 0.224 e. The minimum atomic E-state index is -0.284. The average molecular weight is 330 g/mol. The summed E-state index contributed by atoms with van der Waals surface area (Å²) in [6, 6.07) is 6.23. The topological polar surface area (TPSA) is 72.9 Å². The molecule has 1 heterocycles. The highest BCUT2D eigenvalue weighted by atomic mass is 19.1. The Kier molecular flexibility index (Phi) is 4.66. The fourth-order valence-corrected chi connectivity index (χ4v) is 3.05. The molecule has 0 saturated heterocycles. The number of carbonyl (C=O) groups excluding carboxylic acids is 1. The number of aromatic nitrogens is 2. The van der Waals surface area contributed by atoms with Crippen molar-refractivity contribution in [3.05, 3.63) is 47.0 Å². The van der Waals surface area contributed by atoms with Gasteiger partial charge in [-0.2, -0.15) is 5.10 Å². The van der Waals surface area contributed by atoms with Crippen LogP contribution in [0, 0.1) is 25.6 Å². The molecule has 24 heavy (non-hydrogen) atoms. The van der Waals surface area contributed by atoms with Crippen LogP contribution in [-0.4, -0.2) is 28.3 Å². The van der Waals surface area contributed by atoms with E-state index < -0.39 is 0 Å². The van der Waals surface area contributed by atoms with Crippen molar-refractivity contribution in [3.8, 4) is 5.69 Å². The quantitative estimate of drug-likeness (QED) is 0.851. The second kappa shape index (κ2) is 6.73. The Morgan fingerprint density at radius 2 is 2.04 bits per heavy atom. The molecule has 0 spiro atoms. The molecule has 6 heteroatoms. The van der Waals surface area contributed by atoms with E-state index in [2.05, 4.69) is 10.4 Å². The number of carbonyl (C=O) groups is 1. The summed E-state index contributed by atoms with van der Waals surface area (Å²) in [5.41, 5.74) is 9.13. The van der Waals surface area contributed by atoms with Gasteiger partial charge >= 0.3 is 0 Å². The Labute approximate surface area is 141 Å². The summed E-state index contributed by atoms with van der Waals surface area (Å²) >= 11 is 0. The third kappa shape index (κ3) is 3.48. The minimum Gasteiger partial charge on any atom is -0.352 e. The predicted molar refractivity (Wildman–Crippen MR) is 90.4 cm³/mol. The fourth-order valence-electron chi connectivity index (χ4n) is 3.05. The van der Waals surface area contributed by atoms with E-state index in [0.29, 0.717) is 12.5 Å². The lowest BCUT2D eigenvalue weighted by molar-refractivity contribution is -0.121. The molecule has 128 valence electrons. The van der Waals surface area contributed by atoms with Crippen LogP contribution in [0.15, 0.2) is 24.3 Å². The van der Waals surface area contributed by atoms with Gasteiger partial charge in [-0.3, -0.25) is 4.79 Å². The van der Waals surface area contributed by atoms with E-state index in [4.69, 9.17) is 5.73 Å². The summed E-state index contributed by atoms with van der Waals surface area (Å²) in [7, 11) is 0. The van der Waals surface area contributed by atoms with E-state index in [0.717, 1.165) is 35.5 Å². The van der Waals surface area contributed by atoms with Crippen LogP contribution in [0.2, 0.25) is 0 Å². The molecule has 1 aliphatic carbocycles. The monoisotopic (exact) mass is 330 g/mol. The normalized spacial score (nSPS) is 15.3. The maximum atomic E-state index is 13.1. The minimum absolute atomic E-state index is 0.0257. The summed E-state index contributed by atoms with van der Waals surface area (Å²) in [5.74, 6) is 0.220. The van der Waals surface area contributed by atoms with Gasteiger partial charge in [-0.1, -0.05) is 0 Å². The molecule has 1 fully saturated rings. The molecule has 1 aromatic heterocycles. The number of amides is 1. The van der Waals surface area contributed by atoms with Crippen LogP contribution in [0.5, 0.6) is 0 Å². The van der Waals surface area contributed by atoms with Gasteiger partial charge in [-0.25, -0.2) is 9.07 Å². The summed E-state index contributed by atoms with van der Waals surface area (Å²) in [5, 5.41) is 7.54. The molecule has 1 aliphatic rings. The number of nitrogens with one attached hydrogen (secondary N) is 1. The van der Waals surface area contributed by atoms with E-state index in [-0.39, 0.29) is 24.2 Å². The van der Waals surface area contributed by atoms with Crippen molar-refractivity contribution in [2.75, 3.05) is 6.54 Å². The average Bonchev–Trinajstić information content (AvgIpc) is 3.36. The van der Waals surface area contributed by atoms with Crippen LogP contribution in [0.3, 0.4) is 0 Å². The first-order valence-corrected chi connectivity index (χ1v) is 8.30. The Bertz CT molecular complexity index is 734. The number of benzene rings is 1. The van der Waals surface area contributed by atoms with Crippen molar-refractivity contribution in [3.63, 3.8) is 0 Å². The number of nitrogens with two attached hydrogens (primary N) is 1. The van der Waals surface area contributed by atoms with Crippen LogP contribution in [-0.2, 0) is 11.2 Å². The number of aryl methyl sites for hydroxylation is 1. The van der Waals surface area contributed by atoms with Crippen LogP contribution in [0.25, 0.3) is 5.69 Å². The number of hydrogen-bond acceptors (Lipinski definition) is 3. The number of hydrogen-bond donors (Lipinski definition) is 2. The molecule has 1 saturated carbocycles. The molecule has 2 aromatic rings. The molecule has 3 rings (SSSR count). The van der Waals surface area contributed by atoms with Gasteiger partial charge in [0.1, 0.15) is 5.82 Å². The highest BCUT2D eigenvalue weighted by Crippen LogP contribution is 2.32. The second-order valence-corrected chi connectivity index (χ2v) is 6.46. The molecule has 1 unspecified atom stereocenters. The van der Waals surface area contributed by atoms with E-state index in [1.165, 1.54) is 12.1 Å². The molecule has 0 radical (unpaired) electrons. The first-order valence-electron chi connectivity index (χ1n) is 8.30. The van der Waals surface area contributed by atoms with Gasteiger partial charge in [0.05, 0.1) is 17.8 Å². The van der Waals surface area contributed by atoms with Crippen molar-refractivity contribution >= 4 is 5.91 Å². The highest BCUT2D eigenvalue weighted by molar-refractivity contribution is 5.79. The lowest BCUT2D eigenvalue weighted by atomic mass is 10.1. The van der Waals surface area contributed by atoms with Crippen molar-refractivity contribution < 1.29 is 9.18 Å². The zero-order valence-corrected chi connectivity index (χ0v) is 14.1. The van der Waals surface area contributed by atoms with Crippen molar-refractivity contribution in [2.45, 2.75) is 39.2 Å². The standard InChI is InChI=1S/C18H23FN4O/c1-11-16(9-18(24)21-17(10-20)13-3-4-13)12(2)23(22-11)15-7-5-14(19)6-8-15/h5-8,13,17H,3-4,9-10,20H2,1-2H3,(H,21,24). The van der Waals surface area contributed by atoms with Crippen molar-refractivity contribution in [1.29, 1.82) is 0 Å². The Hall–Kier alpha value is -2.21. The molecular weight excluding hydrogens is 307 g/mol. The van der Waals surface area contributed by atoms with Crippen LogP contribution < -0.4 is 11.1 Å².